The lowest BCUT2D eigenvalue weighted by atomic mass is 9.96. The molecule has 10 atom stereocenters. The van der Waals surface area contributed by atoms with Gasteiger partial charge in [0, 0.05) is 6.54 Å². The van der Waals surface area contributed by atoms with E-state index in [0.29, 0.717) is 6.42 Å². The molecule has 0 aromatic heterocycles. The number of aliphatic carboxylic acids is 1. The minimum Gasteiger partial charge on any atom is -0.480 e. The molecule has 0 aliphatic carbocycles. The molecule has 0 saturated carbocycles. The van der Waals surface area contributed by atoms with Gasteiger partial charge in [0.15, 0.2) is 18.1 Å². The largest absolute Gasteiger partial charge is 0.490 e. The number of nitrogens with zero attached hydrogens (tertiary/aromatic N) is 1. The van der Waals surface area contributed by atoms with Gasteiger partial charge < -0.3 is 80.2 Å². The topological polar surface area (TPSA) is 441 Å². The van der Waals surface area contributed by atoms with Crippen LogP contribution in [0, 0.1) is 17.8 Å². The van der Waals surface area contributed by atoms with E-state index in [0.717, 1.165) is 6.92 Å². The fraction of sp³-hybridized carbons (Fsp3) is 0.718. The van der Waals surface area contributed by atoms with Crippen LogP contribution >= 0.6 is 0 Å². The van der Waals surface area contributed by atoms with Crippen LogP contribution in [0.5, 0.6) is 0 Å². The second-order valence-electron chi connectivity index (χ2n) is 16.6. The molecule has 0 aliphatic heterocycles. The number of primary amides is 1. The molecule has 3 unspecified atom stereocenters. The number of hydrogen-bond acceptors (Lipinski definition) is 15. The zero-order valence-corrected chi connectivity index (χ0v) is 38.8. The minimum atomic E-state index is -5.54. The van der Waals surface area contributed by atoms with E-state index in [2.05, 4.69) is 31.0 Å². The second kappa shape index (κ2) is 29.4. The zero-order chi connectivity index (χ0) is 52.8. The van der Waals surface area contributed by atoms with Crippen molar-refractivity contribution in [2.45, 2.75) is 141 Å². The second-order valence-corrected chi connectivity index (χ2v) is 16.6. The Bertz CT molecular complexity index is 1800. The molecule has 0 aromatic carbocycles. The van der Waals surface area contributed by atoms with Gasteiger partial charge in [0.05, 0.1) is 18.7 Å². The maximum atomic E-state index is 13.9. The molecule has 0 bridgehead atoms. The first kappa shape index (κ1) is 61.6. The molecule has 0 rings (SSSR count). The van der Waals surface area contributed by atoms with Crippen LogP contribution in [0.4, 0.5) is 13.2 Å². The van der Waals surface area contributed by atoms with Crippen molar-refractivity contribution in [1.82, 2.24) is 37.2 Å². The number of halogens is 3. The van der Waals surface area contributed by atoms with Crippen molar-refractivity contribution < 1.29 is 81.2 Å². The Labute approximate surface area is 389 Å². The molecular formula is C39H67F3N12O14. The first-order chi connectivity index (χ1) is 31.3. The van der Waals surface area contributed by atoms with Crippen molar-refractivity contribution in [2.24, 2.45) is 45.7 Å². The highest BCUT2D eigenvalue weighted by Crippen LogP contribution is 2.17. The maximum Gasteiger partial charge on any atom is 0.490 e. The van der Waals surface area contributed by atoms with Gasteiger partial charge in [0.25, 0.3) is 0 Å². The summed E-state index contributed by atoms with van der Waals surface area (Å²) in [5, 5.41) is 45.5. The third-order valence-corrected chi connectivity index (χ3v) is 9.69. The molecular weight excluding hydrogens is 917 g/mol. The number of amides is 8. The van der Waals surface area contributed by atoms with Gasteiger partial charge in [-0.1, -0.05) is 48.0 Å². The lowest BCUT2D eigenvalue weighted by Crippen LogP contribution is -2.62. The Morgan fingerprint density at radius 1 is 0.662 bits per heavy atom. The number of nitrogens with one attached hydrogen (secondary N) is 7. The van der Waals surface area contributed by atoms with Crippen LogP contribution in [0.15, 0.2) is 4.99 Å². The summed E-state index contributed by atoms with van der Waals surface area (Å²) in [5.41, 5.74) is 21.9. The Morgan fingerprint density at radius 2 is 1.18 bits per heavy atom. The summed E-state index contributed by atoms with van der Waals surface area (Å²) in [6.07, 6.45) is -9.03. The van der Waals surface area contributed by atoms with E-state index in [4.69, 9.17) is 22.9 Å². The summed E-state index contributed by atoms with van der Waals surface area (Å²) in [6.45, 7) is 8.96. The number of guanidine groups is 1. The van der Waals surface area contributed by atoms with Crippen molar-refractivity contribution in [3.05, 3.63) is 0 Å². The molecule has 0 saturated heterocycles. The Morgan fingerprint density at radius 3 is 1.66 bits per heavy atom. The molecule has 18 N–H and O–H groups in total. The number of alkyl halides is 3. The molecule has 26 nitrogen and oxygen atoms in total. The van der Waals surface area contributed by atoms with Gasteiger partial charge in [-0.05, 0) is 50.4 Å². The van der Waals surface area contributed by atoms with Crippen LogP contribution in [0.25, 0.3) is 0 Å². The van der Waals surface area contributed by atoms with Gasteiger partial charge in [-0.15, -0.1) is 0 Å². The number of rotatable bonds is 30. The van der Waals surface area contributed by atoms with Crippen LogP contribution in [0.1, 0.15) is 80.6 Å². The highest BCUT2D eigenvalue weighted by molar-refractivity contribution is 5.98. The molecule has 8 amide bonds. The summed E-state index contributed by atoms with van der Waals surface area (Å²) < 4.78 is 41.4. The van der Waals surface area contributed by atoms with Crippen molar-refractivity contribution >= 4 is 65.2 Å². The molecule has 0 radical (unpaired) electrons. The third kappa shape index (κ3) is 22.9. The highest BCUT2D eigenvalue weighted by atomic mass is 19.4. The number of hydrogen-bond donors (Lipinski definition) is 14. The van der Waals surface area contributed by atoms with Crippen LogP contribution in [0.2, 0.25) is 0 Å². The van der Waals surface area contributed by atoms with Crippen molar-refractivity contribution in [2.75, 3.05) is 19.7 Å². The molecule has 0 aromatic rings. The monoisotopic (exact) mass is 984 g/mol. The predicted molar refractivity (Wildman–Crippen MR) is 232 cm³/mol. The van der Waals surface area contributed by atoms with Crippen molar-refractivity contribution in [3.63, 3.8) is 0 Å². The van der Waals surface area contributed by atoms with E-state index >= 15 is 0 Å². The summed E-state index contributed by atoms with van der Waals surface area (Å²) in [4.78, 5) is 132. The van der Waals surface area contributed by atoms with Crippen LogP contribution in [0.3, 0.4) is 0 Å². The van der Waals surface area contributed by atoms with E-state index in [1.165, 1.54) is 0 Å². The summed E-state index contributed by atoms with van der Waals surface area (Å²) >= 11 is 0. The number of aliphatic imine (C=N–C) groups is 1. The number of esters is 1. The fourth-order valence-electron chi connectivity index (χ4n) is 5.88. The number of carboxylic acids is 1. The standard InChI is InChI=1S/C39H67F3N12O14/c1-8-18(6)25(53-31(60)21(10-9-11-47-38(45)46)49-32(61)22(13-17(4)5)50-30(59)20(43)12-16(2)3)34(63)54-26(19(7)55)33(62)48-14-24(56)52-27(28(57)29(44)58)35(64)51-23(36(65)66)15-68-37(67)39(40,41)42/h16-23,25-28,55,57H,8-15,43H2,1-7H3,(H2,44,58)(H,48,62)(H,49,61)(H,50,59)(H,51,64)(H,52,56)(H,53,60)(H,54,63)(H,65,66)(H4,45,46,47)/t18-,19-,20?,21+,22-,23?,25-,26-,27?,28-/m0/s1. The summed E-state index contributed by atoms with van der Waals surface area (Å²) in [7, 11) is 0. The average Bonchev–Trinajstić information content (AvgIpc) is 3.22. The Hall–Kier alpha value is -6.36. The molecule has 0 spiro atoms. The number of carbonyl (C=O) groups is 10. The molecule has 388 valence electrons. The molecule has 29 heteroatoms. The lowest BCUT2D eigenvalue weighted by Gasteiger charge is -2.30. The zero-order valence-electron chi connectivity index (χ0n) is 38.8. The molecule has 0 aliphatic rings. The van der Waals surface area contributed by atoms with Gasteiger partial charge in [-0.2, -0.15) is 13.2 Å². The predicted octanol–water partition coefficient (Wildman–Crippen LogP) is -5.05. The van der Waals surface area contributed by atoms with E-state index in [1.54, 1.807) is 38.3 Å². The number of carboxylic acid groups (broad SMARTS) is 1. The Kier molecular flexibility index (Phi) is 26.7. The van der Waals surface area contributed by atoms with Crippen LogP contribution in [-0.2, 0) is 52.7 Å². The number of carbonyl (C=O) groups excluding carboxylic acids is 9. The minimum absolute atomic E-state index is 0.0361. The van der Waals surface area contributed by atoms with Gasteiger partial charge >= 0.3 is 18.1 Å². The van der Waals surface area contributed by atoms with Crippen molar-refractivity contribution in [1.29, 1.82) is 0 Å². The van der Waals surface area contributed by atoms with Crippen LogP contribution < -0.4 is 60.2 Å². The maximum absolute atomic E-state index is 13.9. The number of aliphatic hydroxyl groups excluding tert-OH is 2. The molecule has 0 heterocycles. The highest BCUT2D eigenvalue weighted by Gasteiger charge is 2.42. The number of nitrogens with two attached hydrogens (primary N) is 4. The van der Waals surface area contributed by atoms with E-state index < -0.39 is 139 Å². The Balaban J connectivity index is 6.31. The van der Waals surface area contributed by atoms with E-state index in [-0.39, 0.29) is 50.0 Å². The number of aliphatic hydroxyl groups is 2. The first-order valence-corrected chi connectivity index (χ1v) is 21.4. The fourth-order valence-corrected chi connectivity index (χ4v) is 5.88. The molecule has 0 fully saturated rings. The first-order valence-electron chi connectivity index (χ1n) is 21.4. The summed E-state index contributed by atoms with van der Waals surface area (Å²) in [5.74, 6) is -15.1. The van der Waals surface area contributed by atoms with E-state index in [9.17, 15) is 76.4 Å². The average molecular weight is 985 g/mol. The summed E-state index contributed by atoms with van der Waals surface area (Å²) in [6, 6.07) is -11.5. The third-order valence-electron chi connectivity index (χ3n) is 9.69. The smallest absolute Gasteiger partial charge is 0.480 e. The lowest BCUT2D eigenvalue weighted by molar-refractivity contribution is -0.200. The quantitative estimate of drug-likeness (QED) is 0.0139. The van der Waals surface area contributed by atoms with Gasteiger partial charge in [-0.25, -0.2) is 9.59 Å². The van der Waals surface area contributed by atoms with Gasteiger partial charge in [-0.3, -0.25) is 43.3 Å². The van der Waals surface area contributed by atoms with E-state index in [1.807, 2.05) is 19.2 Å². The SMILES string of the molecule is CC[C@H](C)[C@H](NC(=O)[C@@H](CCCN=C(N)N)NC(=O)[C@H](CC(C)C)NC(=O)C(N)CC(C)C)C(=O)N[C@H](C(=O)NCC(=O)NC(C(=O)NC(COC(=O)C(F)(F)F)C(=O)O)[C@H](O)C(N)=O)[C@H](C)O. The number of ether oxygens (including phenoxy) is 1. The van der Waals surface area contributed by atoms with Crippen molar-refractivity contribution in [3.8, 4) is 0 Å². The van der Waals surface area contributed by atoms with Gasteiger partial charge in [0.1, 0.15) is 36.8 Å². The van der Waals surface area contributed by atoms with Crippen LogP contribution in [-0.4, -0.2) is 161 Å². The van der Waals surface area contributed by atoms with Gasteiger partial charge in [0.2, 0.25) is 47.3 Å². The molecule has 68 heavy (non-hydrogen) atoms. The normalized spacial score (nSPS) is 15.8.